The number of carbonyl (C=O) groups excluding carboxylic acids is 1. The van der Waals surface area contributed by atoms with Gasteiger partial charge in [-0.15, -0.1) is 0 Å². The van der Waals surface area contributed by atoms with Gasteiger partial charge in [0.25, 0.3) is 0 Å². The van der Waals surface area contributed by atoms with Gasteiger partial charge in [0.15, 0.2) is 0 Å². The quantitative estimate of drug-likeness (QED) is 0.902. The van der Waals surface area contributed by atoms with Gasteiger partial charge >= 0.3 is 6.09 Å². The number of aromatic hydroxyl groups is 1. The van der Waals surface area contributed by atoms with E-state index in [4.69, 9.17) is 4.74 Å². The van der Waals surface area contributed by atoms with E-state index in [9.17, 15) is 9.90 Å². The summed E-state index contributed by atoms with van der Waals surface area (Å²) < 4.78 is 5.46. The van der Waals surface area contributed by atoms with Crippen molar-refractivity contribution in [2.75, 3.05) is 13.1 Å². The third-order valence-electron chi connectivity index (χ3n) is 3.92. The maximum Gasteiger partial charge on any atom is 0.410 e. The van der Waals surface area contributed by atoms with Crippen molar-refractivity contribution in [2.45, 2.75) is 45.6 Å². The number of phenolic OH excluding ortho intramolecular Hbond substituents is 1. The van der Waals surface area contributed by atoms with Crippen LogP contribution in [0.3, 0.4) is 0 Å². The van der Waals surface area contributed by atoms with Crippen molar-refractivity contribution in [1.29, 1.82) is 0 Å². The van der Waals surface area contributed by atoms with E-state index >= 15 is 0 Å². The minimum Gasteiger partial charge on any atom is -0.508 e. The van der Waals surface area contributed by atoms with E-state index in [-0.39, 0.29) is 17.8 Å². The predicted octanol–water partition coefficient (Wildman–Crippen LogP) is 3.75. The number of hydrogen-bond acceptors (Lipinski definition) is 3. The van der Waals surface area contributed by atoms with Crippen molar-refractivity contribution >= 4 is 6.09 Å². The Balaban J connectivity index is 2.12. The highest BCUT2D eigenvalue weighted by Crippen LogP contribution is 2.36. The van der Waals surface area contributed by atoms with Crippen molar-refractivity contribution in [3.63, 3.8) is 0 Å². The van der Waals surface area contributed by atoms with Crippen LogP contribution in [0.4, 0.5) is 4.79 Å². The van der Waals surface area contributed by atoms with E-state index in [2.05, 4.69) is 6.92 Å². The molecular formula is C17H25NO3. The summed E-state index contributed by atoms with van der Waals surface area (Å²) in [6, 6.07) is 7.34. The fourth-order valence-electron chi connectivity index (χ4n) is 2.89. The summed E-state index contributed by atoms with van der Waals surface area (Å²) in [6.45, 7) is 9.14. The summed E-state index contributed by atoms with van der Waals surface area (Å²) in [5.74, 6) is 0.937. The minimum atomic E-state index is -0.470. The van der Waals surface area contributed by atoms with E-state index in [1.807, 2.05) is 32.9 Å². The van der Waals surface area contributed by atoms with Crippen molar-refractivity contribution < 1.29 is 14.6 Å². The van der Waals surface area contributed by atoms with Gasteiger partial charge in [-0.25, -0.2) is 4.79 Å². The summed E-state index contributed by atoms with van der Waals surface area (Å²) >= 11 is 0. The highest BCUT2D eigenvalue weighted by molar-refractivity contribution is 5.68. The van der Waals surface area contributed by atoms with Crippen molar-refractivity contribution in [1.82, 2.24) is 4.90 Å². The molecule has 1 heterocycles. The topological polar surface area (TPSA) is 49.8 Å². The molecule has 0 bridgehead atoms. The van der Waals surface area contributed by atoms with Gasteiger partial charge in [-0.05, 0) is 44.4 Å². The molecule has 0 saturated carbocycles. The Bertz CT molecular complexity index is 507. The average Bonchev–Trinajstić information content (AvgIpc) is 2.81. The van der Waals surface area contributed by atoms with E-state index in [1.165, 1.54) is 0 Å². The first kappa shape index (κ1) is 15.7. The van der Waals surface area contributed by atoms with Crippen LogP contribution < -0.4 is 0 Å². The Hall–Kier alpha value is -1.71. The van der Waals surface area contributed by atoms with Gasteiger partial charge in [0.05, 0.1) is 0 Å². The van der Waals surface area contributed by atoms with Gasteiger partial charge in [-0.3, -0.25) is 0 Å². The number of hydrogen-bond donors (Lipinski definition) is 1. The number of nitrogens with zero attached hydrogens (tertiary/aromatic N) is 1. The zero-order valence-electron chi connectivity index (χ0n) is 13.3. The van der Waals surface area contributed by atoms with Gasteiger partial charge in [0.2, 0.25) is 0 Å². The standard InChI is InChI=1S/C17H25NO3/c1-5-12-10-18(16(20)21-17(2,3)4)11-15(12)13-7-6-8-14(19)9-13/h6-9,12,15,19H,5,10-11H2,1-4H3/t12-,15+/m0/s1. The highest BCUT2D eigenvalue weighted by Gasteiger charge is 2.36. The maximum atomic E-state index is 12.2. The van der Waals surface area contributed by atoms with E-state index < -0.39 is 5.60 Å². The number of likely N-dealkylation sites (tertiary alicyclic amines) is 1. The third-order valence-corrected chi connectivity index (χ3v) is 3.92. The lowest BCUT2D eigenvalue weighted by Gasteiger charge is -2.24. The lowest BCUT2D eigenvalue weighted by atomic mass is 9.87. The lowest BCUT2D eigenvalue weighted by molar-refractivity contribution is 0.0286. The Kier molecular flexibility index (Phi) is 4.45. The number of ether oxygens (including phenoxy) is 1. The summed E-state index contributed by atoms with van der Waals surface area (Å²) in [5, 5.41) is 9.66. The number of rotatable bonds is 2. The number of amides is 1. The van der Waals surface area contributed by atoms with E-state index in [0.717, 1.165) is 12.0 Å². The zero-order chi connectivity index (χ0) is 15.6. The van der Waals surface area contributed by atoms with Crippen molar-refractivity contribution in [2.24, 2.45) is 5.92 Å². The van der Waals surface area contributed by atoms with Crippen LogP contribution in [0.1, 0.15) is 45.6 Å². The molecule has 0 aromatic heterocycles. The Morgan fingerprint density at radius 1 is 1.38 bits per heavy atom. The molecule has 1 N–H and O–H groups in total. The van der Waals surface area contributed by atoms with Crippen LogP contribution in [-0.4, -0.2) is 34.8 Å². The largest absolute Gasteiger partial charge is 0.508 e. The van der Waals surface area contributed by atoms with Crippen LogP contribution in [0.15, 0.2) is 24.3 Å². The summed E-state index contributed by atoms with van der Waals surface area (Å²) in [7, 11) is 0. The van der Waals surface area contributed by atoms with Crippen LogP contribution in [0, 0.1) is 5.92 Å². The van der Waals surface area contributed by atoms with Crippen LogP contribution in [0.2, 0.25) is 0 Å². The van der Waals surface area contributed by atoms with Gasteiger partial charge in [0.1, 0.15) is 11.4 Å². The molecule has 1 fully saturated rings. The van der Waals surface area contributed by atoms with Crippen LogP contribution in [-0.2, 0) is 4.74 Å². The molecule has 0 radical (unpaired) electrons. The number of phenols is 1. The summed E-state index contributed by atoms with van der Waals surface area (Å²) in [5.41, 5.74) is 0.620. The molecule has 1 amide bonds. The number of carbonyl (C=O) groups is 1. The van der Waals surface area contributed by atoms with Gasteiger partial charge < -0.3 is 14.7 Å². The van der Waals surface area contributed by atoms with Gasteiger partial charge in [0, 0.05) is 19.0 Å². The molecule has 0 spiro atoms. The molecule has 116 valence electrons. The van der Waals surface area contributed by atoms with Crippen LogP contribution in [0.25, 0.3) is 0 Å². The second-order valence-electron chi connectivity index (χ2n) is 6.76. The minimum absolute atomic E-state index is 0.247. The predicted molar refractivity (Wildman–Crippen MR) is 82.4 cm³/mol. The molecule has 1 aliphatic heterocycles. The Morgan fingerprint density at radius 3 is 2.67 bits per heavy atom. The van der Waals surface area contributed by atoms with Crippen molar-refractivity contribution in [3.05, 3.63) is 29.8 Å². The molecule has 21 heavy (non-hydrogen) atoms. The maximum absolute atomic E-state index is 12.2. The monoisotopic (exact) mass is 291 g/mol. The van der Waals surface area contributed by atoms with E-state index in [0.29, 0.717) is 19.0 Å². The molecule has 1 aliphatic rings. The molecule has 2 atom stereocenters. The molecule has 1 saturated heterocycles. The van der Waals surface area contributed by atoms with Crippen LogP contribution >= 0.6 is 0 Å². The fourth-order valence-corrected chi connectivity index (χ4v) is 2.89. The SMILES string of the molecule is CC[C@H]1CN(C(=O)OC(C)(C)C)C[C@H]1c1cccc(O)c1. The smallest absolute Gasteiger partial charge is 0.410 e. The summed E-state index contributed by atoms with van der Waals surface area (Å²) in [4.78, 5) is 14.0. The second kappa shape index (κ2) is 5.96. The van der Waals surface area contributed by atoms with Gasteiger partial charge in [-0.1, -0.05) is 25.5 Å². The third kappa shape index (κ3) is 3.90. The molecule has 4 heteroatoms. The summed E-state index contributed by atoms with van der Waals surface area (Å²) in [6.07, 6.45) is 0.753. The van der Waals surface area contributed by atoms with E-state index in [1.54, 1.807) is 17.0 Å². The normalized spacial score (nSPS) is 22.4. The lowest BCUT2D eigenvalue weighted by Crippen LogP contribution is -2.35. The number of benzene rings is 1. The first-order chi connectivity index (χ1) is 9.80. The van der Waals surface area contributed by atoms with Crippen LogP contribution in [0.5, 0.6) is 5.75 Å². The first-order valence-electron chi connectivity index (χ1n) is 7.57. The Morgan fingerprint density at radius 2 is 2.10 bits per heavy atom. The highest BCUT2D eigenvalue weighted by atomic mass is 16.6. The molecule has 1 aromatic carbocycles. The second-order valence-corrected chi connectivity index (χ2v) is 6.76. The van der Waals surface area contributed by atoms with Gasteiger partial charge in [-0.2, -0.15) is 0 Å². The molecule has 0 aliphatic carbocycles. The molecule has 4 nitrogen and oxygen atoms in total. The van der Waals surface area contributed by atoms with Crippen molar-refractivity contribution in [3.8, 4) is 5.75 Å². The fraction of sp³-hybridized carbons (Fsp3) is 0.588. The Labute approximate surface area is 126 Å². The zero-order valence-corrected chi connectivity index (χ0v) is 13.3. The molecule has 0 unspecified atom stereocenters. The molecular weight excluding hydrogens is 266 g/mol. The average molecular weight is 291 g/mol. The first-order valence-corrected chi connectivity index (χ1v) is 7.57. The molecule has 1 aromatic rings. The molecule has 2 rings (SSSR count).